The van der Waals surface area contributed by atoms with Gasteiger partial charge < -0.3 is 10.6 Å². The van der Waals surface area contributed by atoms with Gasteiger partial charge in [0.05, 0.1) is 0 Å². The molecule has 0 radical (unpaired) electrons. The lowest BCUT2D eigenvalue weighted by atomic mass is 10.3. The standard InChI is InChI=1S/C10H20N2/c1-2-6-11-8-9-12-7-5-10-3-4-10/h2,10-12H,1,3-9H2. The Morgan fingerprint density at radius 2 is 1.92 bits per heavy atom. The van der Waals surface area contributed by atoms with E-state index in [9.17, 15) is 0 Å². The highest BCUT2D eigenvalue weighted by atomic mass is 14.9. The average Bonchev–Trinajstić information content (AvgIpc) is 2.87. The Bertz CT molecular complexity index is 119. The highest BCUT2D eigenvalue weighted by Crippen LogP contribution is 2.31. The van der Waals surface area contributed by atoms with Crippen LogP contribution in [-0.4, -0.2) is 26.2 Å². The Morgan fingerprint density at radius 3 is 2.58 bits per heavy atom. The molecule has 1 aliphatic rings. The van der Waals surface area contributed by atoms with Crippen LogP contribution in [0.25, 0.3) is 0 Å². The molecule has 0 aliphatic heterocycles. The van der Waals surface area contributed by atoms with Gasteiger partial charge in [0.1, 0.15) is 0 Å². The molecule has 2 nitrogen and oxygen atoms in total. The van der Waals surface area contributed by atoms with Gasteiger partial charge in [-0.25, -0.2) is 0 Å². The second-order valence-electron chi connectivity index (χ2n) is 3.47. The normalized spacial score (nSPS) is 16.3. The molecule has 0 aromatic carbocycles. The van der Waals surface area contributed by atoms with Gasteiger partial charge in [-0.1, -0.05) is 18.9 Å². The summed E-state index contributed by atoms with van der Waals surface area (Å²) in [5.41, 5.74) is 0. The molecule has 0 unspecified atom stereocenters. The van der Waals surface area contributed by atoms with Crippen molar-refractivity contribution in [3.05, 3.63) is 12.7 Å². The van der Waals surface area contributed by atoms with Crippen LogP contribution >= 0.6 is 0 Å². The Labute approximate surface area is 75.4 Å². The van der Waals surface area contributed by atoms with Crippen molar-refractivity contribution in [2.24, 2.45) is 5.92 Å². The van der Waals surface area contributed by atoms with Crippen LogP contribution in [0.5, 0.6) is 0 Å². The molecule has 1 fully saturated rings. The maximum Gasteiger partial charge on any atom is 0.0132 e. The minimum absolute atomic E-state index is 0.921. The largest absolute Gasteiger partial charge is 0.315 e. The van der Waals surface area contributed by atoms with Crippen molar-refractivity contribution in [2.75, 3.05) is 26.2 Å². The first-order valence-corrected chi connectivity index (χ1v) is 4.96. The molecule has 1 rings (SSSR count). The Kier molecular flexibility index (Phi) is 5.04. The van der Waals surface area contributed by atoms with Crippen molar-refractivity contribution < 1.29 is 0 Å². The van der Waals surface area contributed by atoms with E-state index in [2.05, 4.69) is 17.2 Å². The summed E-state index contributed by atoms with van der Waals surface area (Å²) in [6, 6.07) is 0. The fraction of sp³-hybridized carbons (Fsp3) is 0.800. The first kappa shape index (κ1) is 9.75. The SMILES string of the molecule is C=CCNCCNCCC1CC1. The van der Waals surface area contributed by atoms with Gasteiger partial charge >= 0.3 is 0 Å². The summed E-state index contributed by atoms with van der Waals surface area (Å²) in [5.74, 6) is 1.05. The number of hydrogen-bond donors (Lipinski definition) is 2. The topological polar surface area (TPSA) is 24.1 Å². The van der Waals surface area contributed by atoms with E-state index in [0.717, 1.165) is 25.6 Å². The van der Waals surface area contributed by atoms with E-state index >= 15 is 0 Å². The Balaban J connectivity index is 1.67. The van der Waals surface area contributed by atoms with Crippen LogP contribution in [0.4, 0.5) is 0 Å². The van der Waals surface area contributed by atoms with Crippen molar-refractivity contribution in [1.29, 1.82) is 0 Å². The Hall–Kier alpha value is -0.340. The van der Waals surface area contributed by atoms with E-state index in [0.29, 0.717) is 0 Å². The zero-order valence-corrected chi connectivity index (χ0v) is 7.81. The third-order valence-electron chi connectivity index (χ3n) is 2.19. The van der Waals surface area contributed by atoms with Gasteiger partial charge in [-0.15, -0.1) is 6.58 Å². The van der Waals surface area contributed by atoms with E-state index in [4.69, 9.17) is 0 Å². The molecule has 0 bridgehead atoms. The Morgan fingerprint density at radius 1 is 1.17 bits per heavy atom. The van der Waals surface area contributed by atoms with Crippen molar-refractivity contribution in [3.8, 4) is 0 Å². The molecule has 1 aliphatic carbocycles. The van der Waals surface area contributed by atoms with Gasteiger partial charge in [-0.05, 0) is 18.9 Å². The third-order valence-corrected chi connectivity index (χ3v) is 2.19. The lowest BCUT2D eigenvalue weighted by Gasteiger charge is -2.03. The summed E-state index contributed by atoms with van der Waals surface area (Å²) in [5, 5.41) is 6.68. The second-order valence-corrected chi connectivity index (χ2v) is 3.47. The predicted octanol–water partition coefficient (Wildman–Crippen LogP) is 1.15. The molecule has 1 saturated carbocycles. The van der Waals surface area contributed by atoms with Gasteiger partial charge in [-0.3, -0.25) is 0 Å². The highest BCUT2D eigenvalue weighted by molar-refractivity contribution is 4.74. The molecule has 70 valence electrons. The zero-order valence-electron chi connectivity index (χ0n) is 7.81. The maximum absolute atomic E-state index is 3.64. The zero-order chi connectivity index (χ0) is 8.65. The molecular weight excluding hydrogens is 148 g/mol. The van der Waals surface area contributed by atoms with E-state index in [1.165, 1.54) is 25.8 Å². The summed E-state index contributed by atoms with van der Waals surface area (Å²) < 4.78 is 0. The molecule has 0 aromatic heterocycles. The minimum atomic E-state index is 0.921. The van der Waals surface area contributed by atoms with Crippen LogP contribution in [0, 0.1) is 5.92 Å². The van der Waals surface area contributed by atoms with Gasteiger partial charge in [0.15, 0.2) is 0 Å². The minimum Gasteiger partial charge on any atom is -0.315 e. The molecule has 0 aromatic rings. The summed E-state index contributed by atoms with van der Waals surface area (Å²) in [6.07, 6.45) is 6.21. The highest BCUT2D eigenvalue weighted by Gasteiger charge is 2.19. The van der Waals surface area contributed by atoms with E-state index in [-0.39, 0.29) is 0 Å². The number of rotatable bonds is 8. The number of nitrogens with one attached hydrogen (secondary N) is 2. The van der Waals surface area contributed by atoms with Crippen LogP contribution < -0.4 is 10.6 Å². The molecule has 0 saturated heterocycles. The predicted molar refractivity (Wildman–Crippen MR) is 53.3 cm³/mol. The summed E-state index contributed by atoms with van der Waals surface area (Å²) in [6.45, 7) is 7.90. The fourth-order valence-electron chi connectivity index (χ4n) is 1.22. The van der Waals surface area contributed by atoms with E-state index < -0.39 is 0 Å². The molecule has 2 N–H and O–H groups in total. The smallest absolute Gasteiger partial charge is 0.0132 e. The van der Waals surface area contributed by atoms with Crippen molar-refractivity contribution in [2.45, 2.75) is 19.3 Å². The van der Waals surface area contributed by atoms with Gasteiger partial charge in [0.2, 0.25) is 0 Å². The van der Waals surface area contributed by atoms with Gasteiger partial charge in [0.25, 0.3) is 0 Å². The molecule has 0 spiro atoms. The van der Waals surface area contributed by atoms with Crippen molar-refractivity contribution in [3.63, 3.8) is 0 Å². The monoisotopic (exact) mass is 168 g/mol. The first-order chi connectivity index (χ1) is 5.93. The molecule has 2 heteroatoms. The van der Waals surface area contributed by atoms with Crippen molar-refractivity contribution in [1.82, 2.24) is 10.6 Å². The summed E-state index contributed by atoms with van der Waals surface area (Å²) in [4.78, 5) is 0. The fourth-order valence-corrected chi connectivity index (χ4v) is 1.22. The van der Waals surface area contributed by atoms with Gasteiger partial charge in [-0.2, -0.15) is 0 Å². The van der Waals surface area contributed by atoms with E-state index in [1.54, 1.807) is 0 Å². The van der Waals surface area contributed by atoms with Crippen LogP contribution in [-0.2, 0) is 0 Å². The molecule has 0 heterocycles. The average molecular weight is 168 g/mol. The summed E-state index contributed by atoms with van der Waals surface area (Å²) in [7, 11) is 0. The van der Waals surface area contributed by atoms with Crippen LogP contribution in [0.3, 0.4) is 0 Å². The quantitative estimate of drug-likeness (QED) is 0.420. The van der Waals surface area contributed by atoms with Gasteiger partial charge in [0, 0.05) is 19.6 Å². The first-order valence-electron chi connectivity index (χ1n) is 4.96. The lowest BCUT2D eigenvalue weighted by molar-refractivity contribution is 0.591. The molecule has 0 atom stereocenters. The lowest BCUT2D eigenvalue weighted by Crippen LogP contribution is -2.28. The molecule has 0 amide bonds. The van der Waals surface area contributed by atoms with Crippen molar-refractivity contribution >= 4 is 0 Å². The molecule has 12 heavy (non-hydrogen) atoms. The van der Waals surface area contributed by atoms with E-state index in [1.807, 2.05) is 6.08 Å². The van der Waals surface area contributed by atoms with Crippen LogP contribution in [0.2, 0.25) is 0 Å². The second kappa shape index (κ2) is 6.21. The van der Waals surface area contributed by atoms with Crippen LogP contribution in [0.1, 0.15) is 19.3 Å². The number of hydrogen-bond acceptors (Lipinski definition) is 2. The summed E-state index contributed by atoms with van der Waals surface area (Å²) >= 11 is 0. The van der Waals surface area contributed by atoms with Crippen LogP contribution in [0.15, 0.2) is 12.7 Å². The molecular formula is C10H20N2. The maximum atomic E-state index is 3.64. The third kappa shape index (κ3) is 5.33.